The topological polar surface area (TPSA) is 56.7 Å². The van der Waals surface area contributed by atoms with Crippen molar-refractivity contribution in [3.05, 3.63) is 35.5 Å². The second kappa shape index (κ2) is 6.70. The Morgan fingerprint density at radius 2 is 2.04 bits per heavy atom. The highest BCUT2D eigenvalue weighted by Gasteiger charge is 2.31. The fourth-order valence-electron chi connectivity index (χ4n) is 2.49. The van der Waals surface area contributed by atoms with E-state index in [1.807, 2.05) is 18.4 Å². The summed E-state index contributed by atoms with van der Waals surface area (Å²) in [5.41, 5.74) is 0.348. The van der Waals surface area contributed by atoms with Gasteiger partial charge < -0.3 is 8.98 Å². The molecular formula is C16H17F3N4OS. The van der Waals surface area contributed by atoms with Crippen molar-refractivity contribution < 1.29 is 17.6 Å². The first-order valence-electron chi connectivity index (χ1n) is 7.83. The van der Waals surface area contributed by atoms with Crippen LogP contribution in [0.15, 0.2) is 27.8 Å². The number of hydrogen-bond acceptors (Lipinski definition) is 5. The minimum absolute atomic E-state index is 0.157. The molecule has 0 saturated heterocycles. The van der Waals surface area contributed by atoms with Gasteiger partial charge in [-0.3, -0.25) is 0 Å². The first kappa shape index (κ1) is 17.8. The molecule has 9 heteroatoms. The smallest absolute Gasteiger partial charge is 0.416 e. The Balaban J connectivity index is 2.00. The Hall–Kier alpha value is -2.03. The first-order chi connectivity index (χ1) is 11.8. The fourth-order valence-corrected chi connectivity index (χ4v) is 3.47. The van der Waals surface area contributed by atoms with Crippen molar-refractivity contribution >= 4 is 22.8 Å². The SMILES string of the molecule is CCCn1c(SC(C)c2nnc(C)o2)nc2ccc(C(F)(F)F)cc21. The maximum Gasteiger partial charge on any atom is 0.416 e. The Bertz CT molecular complexity index is 887. The number of aryl methyl sites for hydroxylation is 2. The Kier molecular flexibility index (Phi) is 4.77. The van der Waals surface area contributed by atoms with Crippen molar-refractivity contribution in [1.29, 1.82) is 0 Å². The molecule has 0 N–H and O–H groups in total. The molecule has 0 bridgehead atoms. The van der Waals surface area contributed by atoms with Crippen LogP contribution in [0.3, 0.4) is 0 Å². The van der Waals surface area contributed by atoms with Crippen molar-refractivity contribution in [1.82, 2.24) is 19.7 Å². The number of benzene rings is 1. The van der Waals surface area contributed by atoms with Crippen LogP contribution < -0.4 is 0 Å². The number of fused-ring (bicyclic) bond motifs is 1. The summed E-state index contributed by atoms with van der Waals surface area (Å²) in [5.74, 6) is 0.938. The third kappa shape index (κ3) is 3.65. The van der Waals surface area contributed by atoms with Gasteiger partial charge in [0.1, 0.15) is 0 Å². The molecule has 1 atom stereocenters. The first-order valence-corrected chi connectivity index (χ1v) is 8.71. The molecule has 5 nitrogen and oxygen atoms in total. The van der Waals surface area contributed by atoms with Crippen LogP contribution in [0, 0.1) is 6.92 Å². The molecule has 0 saturated carbocycles. The molecule has 134 valence electrons. The van der Waals surface area contributed by atoms with Crippen molar-refractivity contribution in [2.45, 2.75) is 50.3 Å². The van der Waals surface area contributed by atoms with Crippen molar-refractivity contribution in [2.24, 2.45) is 0 Å². The molecule has 1 unspecified atom stereocenters. The molecule has 0 aliphatic rings. The van der Waals surface area contributed by atoms with E-state index < -0.39 is 11.7 Å². The van der Waals surface area contributed by atoms with Gasteiger partial charge >= 0.3 is 6.18 Å². The molecule has 25 heavy (non-hydrogen) atoms. The van der Waals surface area contributed by atoms with Crippen LogP contribution in [-0.4, -0.2) is 19.7 Å². The lowest BCUT2D eigenvalue weighted by molar-refractivity contribution is -0.137. The van der Waals surface area contributed by atoms with Crippen LogP contribution in [0.25, 0.3) is 11.0 Å². The molecule has 0 amide bonds. The van der Waals surface area contributed by atoms with E-state index in [1.165, 1.54) is 17.8 Å². The van der Waals surface area contributed by atoms with Crippen LogP contribution in [0.4, 0.5) is 13.2 Å². The van der Waals surface area contributed by atoms with Gasteiger partial charge in [-0.25, -0.2) is 4.98 Å². The largest absolute Gasteiger partial charge is 0.424 e. The fraction of sp³-hybridized carbons (Fsp3) is 0.438. The highest BCUT2D eigenvalue weighted by Crippen LogP contribution is 2.37. The molecule has 2 aromatic heterocycles. The lowest BCUT2D eigenvalue weighted by Gasteiger charge is -2.11. The number of nitrogens with zero attached hydrogens (tertiary/aromatic N) is 4. The Morgan fingerprint density at radius 3 is 2.64 bits per heavy atom. The molecule has 0 aliphatic heterocycles. The highest BCUT2D eigenvalue weighted by atomic mass is 32.2. The number of thioether (sulfide) groups is 1. The molecule has 0 fully saturated rings. The normalized spacial score (nSPS) is 13.5. The standard InChI is InChI=1S/C16H17F3N4OS/c1-4-7-23-13-8-11(16(17,18)19)5-6-12(13)20-15(23)25-9(2)14-22-21-10(3)24-14/h5-6,8-9H,4,7H2,1-3H3. The van der Waals surface area contributed by atoms with E-state index in [-0.39, 0.29) is 5.25 Å². The van der Waals surface area contributed by atoms with Crippen LogP contribution in [0.5, 0.6) is 0 Å². The second-order valence-electron chi connectivity index (χ2n) is 5.67. The van der Waals surface area contributed by atoms with Gasteiger partial charge in [-0.15, -0.1) is 10.2 Å². The van der Waals surface area contributed by atoms with Crippen LogP contribution in [0.2, 0.25) is 0 Å². The van der Waals surface area contributed by atoms with Crippen LogP contribution in [0.1, 0.15) is 42.9 Å². The quantitative estimate of drug-likeness (QED) is 0.591. The molecule has 3 rings (SSSR count). The van der Waals surface area contributed by atoms with E-state index in [0.29, 0.717) is 34.5 Å². The number of imidazole rings is 1. The van der Waals surface area contributed by atoms with Gasteiger partial charge in [-0.05, 0) is 31.5 Å². The summed E-state index contributed by atoms with van der Waals surface area (Å²) in [5, 5.41) is 8.28. The Morgan fingerprint density at radius 1 is 1.28 bits per heavy atom. The molecule has 0 aliphatic carbocycles. The Labute approximate surface area is 146 Å². The van der Waals surface area contributed by atoms with E-state index in [1.54, 1.807) is 6.92 Å². The third-order valence-electron chi connectivity index (χ3n) is 3.66. The average molecular weight is 370 g/mol. The molecule has 3 aromatic rings. The van der Waals surface area contributed by atoms with Crippen molar-refractivity contribution in [2.75, 3.05) is 0 Å². The van der Waals surface area contributed by atoms with E-state index in [0.717, 1.165) is 18.6 Å². The molecule has 1 aromatic carbocycles. The molecule has 0 spiro atoms. The van der Waals surface area contributed by atoms with Gasteiger partial charge in [0.15, 0.2) is 5.16 Å². The lowest BCUT2D eigenvalue weighted by Crippen LogP contribution is -2.05. The number of hydrogen-bond donors (Lipinski definition) is 0. The third-order valence-corrected chi connectivity index (χ3v) is 4.74. The summed E-state index contributed by atoms with van der Waals surface area (Å²) in [6.45, 7) is 6.15. The molecule has 0 radical (unpaired) electrons. The molecule has 2 heterocycles. The summed E-state index contributed by atoms with van der Waals surface area (Å²) in [6, 6.07) is 3.63. The molecular weight excluding hydrogens is 353 g/mol. The number of rotatable bonds is 5. The number of halogens is 3. The summed E-state index contributed by atoms with van der Waals surface area (Å²) in [6.07, 6.45) is -3.60. The predicted octanol–water partition coefficient (Wildman–Crippen LogP) is 5.01. The summed E-state index contributed by atoms with van der Waals surface area (Å²) < 4.78 is 46.3. The minimum atomic E-state index is -4.38. The zero-order chi connectivity index (χ0) is 18.2. The average Bonchev–Trinajstić information content (AvgIpc) is 3.11. The second-order valence-corrected chi connectivity index (χ2v) is 6.97. The van der Waals surface area contributed by atoms with Crippen molar-refractivity contribution in [3.63, 3.8) is 0 Å². The van der Waals surface area contributed by atoms with Gasteiger partial charge in [-0.2, -0.15) is 13.2 Å². The van der Waals surface area contributed by atoms with Gasteiger partial charge in [0.2, 0.25) is 11.8 Å². The zero-order valence-corrected chi connectivity index (χ0v) is 14.8. The monoisotopic (exact) mass is 370 g/mol. The lowest BCUT2D eigenvalue weighted by atomic mass is 10.2. The van der Waals surface area contributed by atoms with Gasteiger partial charge in [0, 0.05) is 13.5 Å². The summed E-state index contributed by atoms with van der Waals surface area (Å²) >= 11 is 1.39. The maximum atomic E-state index is 13.0. The van der Waals surface area contributed by atoms with E-state index in [4.69, 9.17) is 4.42 Å². The number of alkyl halides is 3. The van der Waals surface area contributed by atoms with Crippen molar-refractivity contribution in [3.8, 4) is 0 Å². The minimum Gasteiger partial charge on any atom is -0.424 e. The van der Waals surface area contributed by atoms with Crippen LogP contribution in [-0.2, 0) is 12.7 Å². The van der Waals surface area contributed by atoms with Crippen LogP contribution >= 0.6 is 11.8 Å². The number of aromatic nitrogens is 4. The summed E-state index contributed by atoms with van der Waals surface area (Å²) in [7, 11) is 0. The predicted molar refractivity (Wildman–Crippen MR) is 88.3 cm³/mol. The zero-order valence-electron chi connectivity index (χ0n) is 14.0. The highest BCUT2D eigenvalue weighted by molar-refractivity contribution is 7.99. The van der Waals surface area contributed by atoms with Gasteiger partial charge in [-0.1, -0.05) is 18.7 Å². The van der Waals surface area contributed by atoms with Gasteiger partial charge in [0.25, 0.3) is 0 Å². The van der Waals surface area contributed by atoms with E-state index >= 15 is 0 Å². The van der Waals surface area contributed by atoms with Gasteiger partial charge in [0.05, 0.1) is 21.8 Å². The maximum absolute atomic E-state index is 13.0. The van der Waals surface area contributed by atoms with E-state index in [9.17, 15) is 13.2 Å². The van der Waals surface area contributed by atoms with E-state index in [2.05, 4.69) is 15.2 Å². The summed E-state index contributed by atoms with van der Waals surface area (Å²) in [4.78, 5) is 4.50.